The minimum absolute atomic E-state index is 0.270. The second-order valence-electron chi connectivity index (χ2n) is 7.58. The first-order valence-corrected chi connectivity index (χ1v) is 11.6. The second kappa shape index (κ2) is 9.68. The van der Waals surface area contributed by atoms with Gasteiger partial charge in [-0.2, -0.15) is 0 Å². The van der Waals surface area contributed by atoms with Crippen molar-refractivity contribution in [2.24, 2.45) is 0 Å². The molecule has 2 aliphatic heterocycles. The highest BCUT2D eigenvalue weighted by molar-refractivity contribution is 7.99. The van der Waals surface area contributed by atoms with Crippen molar-refractivity contribution in [3.8, 4) is 5.75 Å². The number of hydrogen-bond donors (Lipinski definition) is 2. The van der Waals surface area contributed by atoms with Gasteiger partial charge in [-0.05, 0) is 48.4 Å². The molecule has 0 bridgehead atoms. The number of hydrogen-bond acceptors (Lipinski definition) is 7. The van der Waals surface area contributed by atoms with Gasteiger partial charge in [-0.1, -0.05) is 42.5 Å². The normalized spacial score (nSPS) is 23.0. The molecule has 2 aliphatic rings. The fraction of sp³-hybridized carbons (Fsp3) is 0.333. The van der Waals surface area contributed by atoms with Crippen molar-refractivity contribution in [3.05, 3.63) is 88.0 Å². The lowest BCUT2D eigenvalue weighted by Gasteiger charge is -2.46. The molecule has 0 amide bonds. The van der Waals surface area contributed by atoms with E-state index in [0.29, 0.717) is 31.2 Å². The summed E-state index contributed by atoms with van der Waals surface area (Å²) in [6.07, 6.45) is 4.43. The average molecular weight is 439 g/mol. The molecule has 2 aromatic carbocycles. The van der Waals surface area contributed by atoms with Gasteiger partial charge >= 0.3 is 0 Å². The van der Waals surface area contributed by atoms with Gasteiger partial charge < -0.3 is 25.1 Å². The molecule has 2 N–H and O–H groups in total. The molecule has 2 unspecified atom stereocenters. The van der Waals surface area contributed by atoms with E-state index in [4.69, 9.17) is 9.47 Å². The first-order valence-electron chi connectivity index (χ1n) is 10.4. The van der Waals surface area contributed by atoms with Gasteiger partial charge in [0.25, 0.3) is 0 Å². The minimum atomic E-state index is -0.444. The van der Waals surface area contributed by atoms with Crippen LogP contribution in [0.1, 0.15) is 16.7 Å². The fourth-order valence-electron chi connectivity index (χ4n) is 4.05. The first kappa shape index (κ1) is 21.6. The standard InChI is InChI=1S/C24H28N3O3S/c1-16-8-4-6-10-18(16)21-13-23(31-3)30-24-19(14-25-15-26-24)20(27(21)28)12-17-9-5-7-11-22(17)29-2/h4-11,13,20,23,25-26H,12,14-15H2,1-3H3/q-1/b21-13-. The molecule has 4 rings (SSSR count). The minimum Gasteiger partial charge on any atom is -0.758 e. The molecule has 0 aromatic heterocycles. The molecule has 164 valence electrons. The van der Waals surface area contributed by atoms with Gasteiger partial charge in [-0.3, -0.25) is 5.32 Å². The number of methoxy groups -OCH3 is 1. The Kier molecular flexibility index (Phi) is 6.75. The molecule has 0 aliphatic carbocycles. The Morgan fingerprint density at radius 2 is 1.97 bits per heavy atom. The molecule has 0 spiro atoms. The molecular weight excluding hydrogens is 410 g/mol. The van der Waals surface area contributed by atoms with Crippen LogP contribution in [0.5, 0.6) is 5.75 Å². The maximum atomic E-state index is 14.0. The van der Waals surface area contributed by atoms with Gasteiger partial charge in [-0.15, -0.1) is 11.8 Å². The lowest BCUT2D eigenvalue weighted by atomic mass is 9.95. The highest BCUT2D eigenvalue weighted by Crippen LogP contribution is 2.35. The summed E-state index contributed by atoms with van der Waals surface area (Å²) < 4.78 is 11.9. The predicted octanol–water partition coefficient (Wildman–Crippen LogP) is 3.84. The number of nitrogens with one attached hydrogen (secondary N) is 2. The van der Waals surface area contributed by atoms with E-state index in [-0.39, 0.29) is 5.44 Å². The van der Waals surface area contributed by atoms with Crippen molar-refractivity contribution in [3.63, 3.8) is 0 Å². The Balaban J connectivity index is 1.82. The SMILES string of the molecule is COc1ccccc1CC1C2=C(NCNC2)OC(SC)/C=C(/c2ccccc2C)N1[O-]. The first-order chi connectivity index (χ1) is 15.1. The molecule has 2 atom stereocenters. The Labute approximate surface area is 187 Å². The summed E-state index contributed by atoms with van der Waals surface area (Å²) in [5.41, 5.74) is 4.25. The van der Waals surface area contributed by atoms with Crippen molar-refractivity contribution in [2.45, 2.75) is 24.8 Å². The van der Waals surface area contributed by atoms with E-state index in [1.54, 1.807) is 18.9 Å². The summed E-state index contributed by atoms with van der Waals surface area (Å²) in [5, 5.41) is 21.8. The van der Waals surface area contributed by atoms with Crippen molar-refractivity contribution in [2.75, 3.05) is 26.6 Å². The Morgan fingerprint density at radius 3 is 2.74 bits per heavy atom. The van der Waals surface area contributed by atoms with Crippen LogP contribution in [0.25, 0.3) is 5.70 Å². The van der Waals surface area contributed by atoms with Gasteiger partial charge in [-0.25, -0.2) is 0 Å². The number of aryl methyl sites for hydroxylation is 1. The maximum Gasteiger partial charge on any atom is 0.191 e. The molecule has 2 aromatic rings. The summed E-state index contributed by atoms with van der Waals surface area (Å²) in [6, 6.07) is 15.4. The highest BCUT2D eigenvalue weighted by atomic mass is 32.2. The van der Waals surface area contributed by atoms with Crippen LogP contribution in [0.3, 0.4) is 0 Å². The van der Waals surface area contributed by atoms with Crippen molar-refractivity contribution in [1.29, 1.82) is 0 Å². The second-order valence-corrected chi connectivity index (χ2v) is 8.52. The summed E-state index contributed by atoms with van der Waals surface area (Å²) in [6.45, 7) is 3.22. The number of rotatable bonds is 5. The van der Waals surface area contributed by atoms with E-state index < -0.39 is 6.04 Å². The van der Waals surface area contributed by atoms with Gasteiger partial charge in [0, 0.05) is 17.8 Å². The van der Waals surface area contributed by atoms with Crippen LogP contribution in [0.4, 0.5) is 0 Å². The van der Waals surface area contributed by atoms with Crippen LogP contribution in [0, 0.1) is 12.1 Å². The monoisotopic (exact) mass is 438 g/mol. The Morgan fingerprint density at radius 1 is 1.19 bits per heavy atom. The molecule has 31 heavy (non-hydrogen) atoms. The average Bonchev–Trinajstić information content (AvgIpc) is 2.80. The zero-order chi connectivity index (χ0) is 21.8. The van der Waals surface area contributed by atoms with E-state index in [0.717, 1.165) is 33.1 Å². The van der Waals surface area contributed by atoms with E-state index in [1.807, 2.05) is 67.8 Å². The molecule has 2 heterocycles. The third-order valence-electron chi connectivity index (χ3n) is 5.69. The molecule has 0 saturated heterocycles. The van der Waals surface area contributed by atoms with Gasteiger partial charge in [0.1, 0.15) is 5.75 Å². The number of para-hydroxylation sites is 1. The van der Waals surface area contributed by atoms with Crippen molar-refractivity contribution >= 4 is 17.5 Å². The van der Waals surface area contributed by atoms with Gasteiger partial charge in [0.2, 0.25) is 0 Å². The van der Waals surface area contributed by atoms with E-state index in [2.05, 4.69) is 10.6 Å². The van der Waals surface area contributed by atoms with Gasteiger partial charge in [0.15, 0.2) is 11.3 Å². The summed E-state index contributed by atoms with van der Waals surface area (Å²) >= 11 is 1.56. The summed E-state index contributed by atoms with van der Waals surface area (Å²) in [5.74, 6) is 1.47. The third-order valence-corrected chi connectivity index (χ3v) is 6.39. The van der Waals surface area contributed by atoms with Crippen LogP contribution in [-0.4, -0.2) is 43.1 Å². The van der Waals surface area contributed by atoms with Crippen molar-refractivity contribution in [1.82, 2.24) is 15.7 Å². The highest BCUT2D eigenvalue weighted by Gasteiger charge is 2.30. The van der Waals surface area contributed by atoms with E-state index >= 15 is 0 Å². The van der Waals surface area contributed by atoms with Crippen LogP contribution in [0.2, 0.25) is 0 Å². The van der Waals surface area contributed by atoms with Crippen LogP contribution >= 0.6 is 11.8 Å². The lowest BCUT2D eigenvalue weighted by molar-refractivity contribution is 0.174. The number of nitrogens with zero attached hydrogens (tertiary/aromatic N) is 1. The molecule has 0 fully saturated rings. The van der Waals surface area contributed by atoms with Crippen LogP contribution in [-0.2, 0) is 11.2 Å². The Bertz CT molecular complexity index is 992. The topological polar surface area (TPSA) is 68.8 Å². The van der Waals surface area contributed by atoms with Crippen molar-refractivity contribution < 1.29 is 9.47 Å². The summed E-state index contributed by atoms with van der Waals surface area (Å²) in [7, 11) is 1.66. The molecular formula is C24H28N3O3S-. The zero-order valence-electron chi connectivity index (χ0n) is 18.1. The van der Waals surface area contributed by atoms with E-state index in [9.17, 15) is 5.21 Å². The quantitative estimate of drug-likeness (QED) is 0.735. The van der Waals surface area contributed by atoms with E-state index in [1.165, 1.54) is 0 Å². The fourth-order valence-corrected chi connectivity index (χ4v) is 4.51. The Hall–Kier alpha value is -2.61. The van der Waals surface area contributed by atoms with Crippen LogP contribution < -0.4 is 15.4 Å². The smallest absolute Gasteiger partial charge is 0.191 e. The number of thioether (sulfide) groups is 1. The van der Waals surface area contributed by atoms with Crippen LogP contribution in [0.15, 0.2) is 66.1 Å². The molecule has 6 nitrogen and oxygen atoms in total. The molecule has 0 radical (unpaired) electrons. The maximum absolute atomic E-state index is 14.0. The molecule has 0 saturated carbocycles. The largest absolute Gasteiger partial charge is 0.758 e. The molecule has 7 heteroatoms. The number of hydroxylamine groups is 2. The summed E-state index contributed by atoms with van der Waals surface area (Å²) in [4.78, 5) is 0. The zero-order valence-corrected chi connectivity index (χ0v) is 18.9. The number of ether oxygens (including phenoxy) is 2. The number of benzene rings is 2. The predicted molar refractivity (Wildman–Crippen MR) is 126 cm³/mol. The van der Waals surface area contributed by atoms with Gasteiger partial charge in [0.05, 0.1) is 19.8 Å². The third kappa shape index (κ3) is 4.54. The lowest BCUT2D eigenvalue weighted by Crippen LogP contribution is -2.46.